The molecule has 0 aliphatic carbocycles. The van der Waals surface area contributed by atoms with Gasteiger partial charge in [0.05, 0.1) is 22.8 Å². The van der Waals surface area contributed by atoms with Crippen molar-refractivity contribution in [2.75, 3.05) is 23.7 Å². The minimum Gasteiger partial charge on any atom is -0.488 e. The van der Waals surface area contributed by atoms with Crippen molar-refractivity contribution in [2.45, 2.75) is 62.8 Å². The monoisotopic (exact) mass is 545 g/mol. The zero-order valence-electron chi connectivity index (χ0n) is 21.6. The average Bonchev–Trinajstić information content (AvgIpc) is 3.56. The molecule has 4 heterocycles. The number of hydrogen-bond acceptors (Lipinski definition) is 9. The van der Waals surface area contributed by atoms with Crippen LogP contribution in [0.4, 0.5) is 23.1 Å². The Balaban J connectivity index is 1.48. The molecular formula is C25H32ClN7O3S. The van der Waals surface area contributed by atoms with E-state index in [0.29, 0.717) is 17.6 Å². The number of benzene rings is 1. The van der Waals surface area contributed by atoms with Crippen LogP contribution >= 0.6 is 11.6 Å². The van der Waals surface area contributed by atoms with Gasteiger partial charge in [0.2, 0.25) is 20.8 Å². The summed E-state index contributed by atoms with van der Waals surface area (Å²) in [5.74, 6) is 1.90. The normalized spacial score (nSPS) is 19.2. The van der Waals surface area contributed by atoms with E-state index < -0.39 is 15.1 Å². The van der Waals surface area contributed by atoms with Crippen molar-refractivity contribution in [3.8, 4) is 5.75 Å². The second-order valence-corrected chi connectivity index (χ2v) is 12.9. The molecule has 1 unspecified atom stereocenters. The lowest BCUT2D eigenvalue weighted by atomic mass is 9.87. The molecule has 1 fully saturated rings. The largest absolute Gasteiger partial charge is 0.488 e. The van der Waals surface area contributed by atoms with Crippen molar-refractivity contribution in [3.05, 3.63) is 40.2 Å². The summed E-state index contributed by atoms with van der Waals surface area (Å²) in [6.07, 6.45) is 5.12. The Morgan fingerprint density at radius 1 is 1.27 bits per heavy atom. The predicted molar refractivity (Wildman–Crippen MR) is 144 cm³/mol. The van der Waals surface area contributed by atoms with Gasteiger partial charge in [-0.3, -0.25) is 4.68 Å². The van der Waals surface area contributed by atoms with Crippen LogP contribution in [-0.2, 0) is 23.3 Å². The fraction of sp³-hybridized carbons (Fsp3) is 0.480. The van der Waals surface area contributed by atoms with Gasteiger partial charge in [-0.1, -0.05) is 11.6 Å². The van der Waals surface area contributed by atoms with Crippen molar-refractivity contribution in [1.29, 1.82) is 0 Å². The van der Waals surface area contributed by atoms with Gasteiger partial charge in [0.25, 0.3) is 0 Å². The van der Waals surface area contributed by atoms with E-state index in [9.17, 15) is 8.42 Å². The summed E-state index contributed by atoms with van der Waals surface area (Å²) < 4.78 is 33.3. The molecule has 198 valence electrons. The maximum atomic E-state index is 12.8. The number of fused-ring (bicyclic) bond motifs is 1. The number of aromatic nitrogens is 4. The van der Waals surface area contributed by atoms with E-state index in [1.807, 2.05) is 0 Å². The topological polar surface area (TPSA) is 123 Å². The first kappa shape index (κ1) is 25.7. The van der Waals surface area contributed by atoms with Crippen LogP contribution in [0.5, 0.6) is 5.75 Å². The highest BCUT2D eigenvalue weighted by Crippen LogP contribution is 2.44. The SMILES string of the molecule is Cc1cc(Nc2ncc(Cl)c(Nc3cn(C)nc3S(=O)(=O)C(C)C)n2)c2c(c1C1CCNC1)C[C@@H](C)O2. The number of rotatable bonds is 7. The second kappa shape index (κ2) is 9.77. The molecule has 0 bridgehead atoms. The lowest BCUT2D eigenvalue weighted by Crippen LogP contribution is -2.16. The van der Waals surface area contributed by atoms with Gasteiger partial charge in [-0.2, -0.15) is 10.1 Å². The third kappa shape index (κ3) is 4.87. The Bertz CT molecular complexity index is 1450. The van der Waals surface area contributed by atoms with Crippen LogP contribution in [0, 0.1) is 6.92 Å². The first-order valence-electron chi connectivity index (χ1n) is 12.4. The molecule has 2 aromatic heterocycles. The molecule has 0 spiro atoms. The van der Waals surface area contributed by atoms with Crippen LogP contribution in [0.15, 0.2) is 23.5 Å². The summed E-state index contributed by atoms with van der Waals surface area (Å²) in [6, 6.07) is 2.09. The van der Waals surface area contributed by atoms with E-state index >= 15 is 0 Å². The van der Waals surface area contributed by atoms with Crippen LogP contribution in [0.3, 0.4) is 0 Å². The van der Waals surface area contributed by atoms with Crippen LogP contribution in [0.25, 0.3) is 0 Å². The fourth-order valence-electron chi connectivity index (χ4n) is 5.06. The standard InChI is InChI=1S/C25H32ClN7O3S/c1-13(2)37(34,35)24-20(12-33(5)32-24)29-23-18(26)11-28-25(31-23)30-19-8-14(3)21(16-6-7-27-10-16)17-9-15(4)36-22(17)19/h8,11-13,15-16,27H,6-7,9-10H2,1-5H3,(H2,28,29,30,31)/t15-,16?/m1/s1. The number of hydrogen-bond donors (Lipinski definition) is 3. The summed E-state index contributed by atoms with van der Waals surface area (Å²) in [5.41, 5.74) is 4.92. The molecule has 2 atom stereocenters. The molecule has 5 rings (SSSR count). The molecule has 37 heavy (non-hydrogen) atoms. The number of anilines is 4. The van der Waals surface area contributed by atoms with E-state index in [2.05, 4.69) is 50.9 Å². The van der Waals surface area contributed by atoms with E-state index in [1.54, 1.807) is 27.1 Å². The first-order valence-corrected chi connectivity index (χ1v) is 14.3. The quantitative estimate of drug-likeness (QED) is 0.400. The molecule has 12 heteroatoms. The summed E-state index contributed by atoms with van der Waals surface area (Å²) in [6.45, 7) is 9.45. The van der Waals surface area contributed by atoms with Gasteiger partial charge in [0.15, 0.2) is 5.82 Å². The average molecular weight is 546 g/mol. The van der Waals surface area contributed by atoms with E-state index in [1.165, 1.54) is 27.6 Å². The fourth-order valence-corrected chi connectivity index (χ4v) is 6.30. The van der Waals surface area contributed by atoms with Crippen molar-refractivity contribution in [2.24, 2.45) is 7.05 Å². The van der Waals surface area contributed by atoms with Gasteiger partial charge in [-0.25, -0.2) is 13.4 Å². The number of ether oxygens (including phenoxy) is 1. The molecule has 2 aliphatic heterocycles. The van der Waals surface area contributed by atoms with E-state index in [4.69, 9.17) is 16.3 Å². The summed E-state index contributed by atoms with van der Waals surface area (Å²) >= 11 is 6.39. The molecule has 0 radical (unpaired) electrons. The van der Waals surface area contributed by atoms with Crippen molar-refractivity contribution in [3.63, 3.8) is 0 Å². The number of nitrogens with zero attached hydrogens (tertiary/aromatic N) is 4. The van der Waals surface area contributed by atoms with Crippen molar-refractivity contribution < 1.29 is 13.2 Å². The lowest BCUT2D eigenvalue weighted by molar-refractivity contribution is 0.256. The van der Waals surface area contributed by atoms with Crippen LogP contribution in [0.2, 0.25) is 5.02 Å². The highest BCUT2D eigenvalue weighted by atomic mass is 35.5. The molecule has 0 saturated carbocycles. The van der Waals surface area contributed by atoms with E-state index in [-0.39, 0.29) is 22.0 Å². The smallest absolute Gasteiger partial charge is 0.229 e. The predicted octanol–water partition coefficient (Wildman–Crippen LogP) is 4.24. The van der Waals surface area contributed by atoms with Gasteiger partial charge in [-0.15, -0.1) is 0 Å². The zero-order chi connectivity index (χ0) is 26.5. The first-order chi connectivity index (χ1) is 17.5. The molecule has 1 saturated heterocycles. The Morgan fingerprint density at radius 3 is 2.76 bits per heavy atom. The van der Waals surface area contributed by atoms with Gasteiger partial charge < -0.3 is 20.7 Å². The molecule has 0 amide bonds. The minimum absolute atomic E-state index is 0.0537. The Morgan fingerprint density at radius 2 is 2.05 bits per heavy atom. The highest BCUT2D eigenvalue weighted by molar-refractivity contribution is 7.92. The summed E-state index contributed by atoms with van der Waals surface area (Å²) in [4.78, 5) is 8.91. The van der Waals surface area contributed by atoms with Gasteiger partial charge in [0.1, 0.15) is 16.9 Å². The Hall–Kier alpha value is -2.89. The second-order valence-electron chi connectivity index (χ2n) is 10.0. The number of nitrogens with one attached hydrogen (secondary N) is 3. The number of sulfone groups is 1. The molecule has 3 N–H and O–H groups in total. The summed E-state index contributed by atoms with van der Waals surface area (Å²) in [5, 5.41) is 13.5. The lowest BCUT2D eigenvalue weighted by Gasteiger charge is -2.20. The maximum absolute atomic E-state index is 12.8. The number of aryl methyl sites for hydroxylation is 2. The van der Waals surface area contributed by atoms with Crippen LogP contribution < -0.4 is 20.7 Å². The van der Waals surface area contributed by atoms with Crippen LogP contribution in [-0.4, -0.2) is 52.6 Å². The summed E-state index contributed by atoms with van der Waals surface area (Å²) in [7, 11) is -1.96. The maximum Gasteiger partial charge on any atom is 0.229 e. The van der Waals surface area contributed by atoms with Gasteiger partial charge in [-0.05, 0) is 63.8 Å². The minimum atomic E-state index is -3.62. The molecule has 3 aromatic rings. The van der Waals surface area contributed by atoms with Gasteiger partial charge >= 0.3 is 0 Å². The molecular weight excluding hydrogens is 514 g/mol. The third-order valence-electron chi connectivity index (χ3n) is 6.84. The highest BCUT2D eigenvalue weighted by Gasteiger charge is 2.32. The molecule has 10 nitrogen and oxygen atoms in total. The molecule has 1 aromatic carbocycles. The Kier molecular flexibility index (Phi) is 6.80. The van der Waals surface area contributed by atoms with Gasteiger partial charge in [0, 0.05) is 31.8 Å². The third-order valence-corrected chi connectivity index (χ3v) is 9.20. The van der Waals surface area contributed by atoms with E-state index in [0.717, 1.165) is 37.4 Å². The number of halogens is 1. The van der Waals surface area contributed by atoms with Crippen molar-refractivity contribution >= 4 is 44.6 Å². The Labute approximate surface area is 222 Å². The molecule has 2 aliphatic rings. The van der Waals surface area contributed by atoms with Crippen LogP contribution in [0.1, 0.15) is 49.8 Å². The van der Waals surface area contributed by atoms with Crippen molar-refractivity contribution in [1.82, 2.24) is 25.1 Å². The zero-order valence-corrected chi connectivity index (χ0v) is 23.2.